The number of anilines is 1. The van der Waals surface area contributed by atoms with Crippen molar-refractivity contribution in [1.82, 2.24) is 10.3 Å². The summed E-state index contributed by atoms with van der Waals surface area (Å²) in [6.45, 7) is 6.08. The average Bonchev–Trinajstić information content (AvgIpc) is 2.42. The van der Waals surface area contributed by atoms with Crippen molar-refractivity contribution in [3.63, 3.8) is 0 Å². The molecule has 5 heteroatoms. The number of hydrogen-bond acceptors (Lipinski definition) is 4. The van der Waals surface area contributed by atoms with E-state index >= 15 is 0 Å². The maximum absolute atomic E-state index is 12.2. The van der Waals surface area contributed by atoms with Crippen LogP contribution in [0, 0.1) is 6.92 Å². The van der Waals surface area contributed by atoms with Crippen molar-refractivity contribution < 1.29 is 4.79 Å². The molecule has 112 valence electrons. The number of rotatable bonds is 8. The van der Waals surface area contributed by atoms with Crippen molar-refractivity contribution in [2.45, 2.75) is 58.9 Å². The van der Waals surface area contributed by atoms with Gasteiger partial charge in [0.05, 0.1) is 0 Å². The van der Waals surface area contributed by atoms with Gasteiger partial charge in [-0.25, -0.2) is 10.8 Å². The number of nitrogens with one attached hydrogen (secondary N) is 2. The van der Waals surface area contributed by atoms with Crippen LogP contribution in [0.4, 0.5) is 5.82 Å². The molecule has 5 nitrogen and oxygen atoms in total. The van der Waals surface area contributed by atoms with Gasteiger partial charge >= 0.3 is 0 Å². The SMILES string of the molecule is CCCCCCC(C)NC(=O)c1cc(C)nc(NN)c1. The summed E-state index contributed by atoms with van der Waals surface area (Å²) in [6.07, 6.45) is 5.88. The molecule has 0 spiro atoms. The van der Waals surface area contributed by atoms with Crippen LogP contribution in [0.15, 0.2) is 12.1 Å². The summed E-state index contributed by atoms with van der Waals surface area (Å²) in [7, 11) is 0. The Hall–Kier alpha value is -1.62. The van der Waals surface area contributed by atoms with Crippen molar-refractivity contribution in [3.8, 4) is 0 Å². The molecule has 1 aromatic heterocycles. The fourth-order valence-corrected chi connectivity index (χ4v) is 2.13. The number of nitrogen functional groups attached to an aromatic ring is 1. The zero-order valence-corrected chi connectivity index (χ0v) is 12.7. The lowest BCUT2D eigenvalue weighted by atomic mass is 10.1. The molecule has 1 unspecified atom stereocenters. The van der Waals surface area contributed by atoms with E-state index in [0.717, 1.165) is 18.5 Å². The molecule has 0 aliphatic rings. The van der Waals surface area contributed by atoms with Gasteiger partial charge in [0, 0.05) is 17.3 Å². The summed E-state index contributed by atoms with van der Waals surface area (Å²) >= 11 is 0. The lowest BCUT2D eigenvalue weighted by Gasteiger charge is -2.14. The second kappa shape index (κ2) is 8.53. The maximum Gasteiger partial charge on any atom is 0.251 e. The third kappa shape index (κ3) is 5.57. The number of unbranched alkanes of at least 4 members (excludes halogenated alkanes) is 3. The molecule has 0 aliphatic heterocycles. The smallest absolute Gasteiger partial charge is 0.251 e. The van der Waals surface area contributed by atoms with Crippen LogP contribution < -0.4 is 16.6 Å². The summed E-state index contributed by atoms with van der Waals surface area (Å²) in [6, 6.07) is 3.61. The highest BCUT2D eigenvalue weighted by atomic mass is 16.1. The maximum atomic E-state index is 12.2. The van der Waals surface area contributed by atoms with Gasteiger partial charge in [-0.05, 0) is 32.4 Å². The molecular weight excluding hydrogens is 252 g/mol. The van der Waals surface area contributed by atoms with Crippen molar-refractivity contribution >= 4 is 11.7 Å². The molecule has 4 N–H and O–H groups in total. The number of nitrogens with two attached hydrogens (primary N) is 1. The second-order valence-corrected chi connectivity index (χ2v) is 5.25. The zero-order chi connectivity index (χ0) is 15.0. The van der Waals surface area contributed by atoms with E-state index in [2.05, 4.69) is 22.7 Å². The Kier molecular flexibility index (Phi) is 7.01. The Balaban J connectivity index is 2.51. The van der Waals surface area contributed by atoms with Gasteiger partial charge in [-0.1, -0.05) is 32.6 Å². The van der Waals surface area contributed by atoms with Gasteiger partial charge < -0.3 is 10.7 Å². The fourth-order valence-electron chi connectivity index (χ4n) is 2.13. The minimum absolute atomic E-state index is 0.0741. The topological polar surface area (TPSA) is 80.0 Å². The highest BCUT2D eigenvalue weighted by Gasteiger charge is 2.11. The Morgan fingerprint density at radius 2 is 2.10 bits per heavy atom. The van der Waals surface area contributed by atoms with E-state index < -0.39 is 0 Å². The monoisotopic (exact) mass is 278 g/mol. The van der Waals surface area contributed by atoms with Gasteiger partial charge in [-0.2, -0.15) is 0 Å². The van der Waals surface area contributed by atoms with Crippen LogP contribution in [0.1, 0.15) is 62.0 Å². The van der Waals surface area contributed by atoms with Gasteiger partial charge in [-0.15, -0.1) is 0 Å². The first-order valence-electron chi connectivity index (χ1n) is 7.33. The van der Waals surface area contributed by atoms with Crippen molar-refractivity contribution in [2.24, 2.45) is 5.84 Å². The van der Waals surface area contributed by atoms with E-state index in [1.165, 1.54) is 19.3 Å². The van der Waals surface area contributed by atoms with Crippen molar-refractivity contribution in [2.75, 3.05) is 5.43 Å². The van der Waals surface area contributed by atoms with E-state index in [-0.39, 0.29) is 11.9 Å². The summed E-state index contributed by atoms with van der Waals surface area (Å²) in [5.41, 5.74) is 3.83. The predicted octanol–water partition coefficient (Wildman–Crippen LogP) is 2.76. The number of hydrogen-bond donors (Lipinski definition) is 3. The van der Waals surface area contributed by atoms with Crippen LogP contribution in [-0.4, -0.2) is 16.9 Å². The number of carbonyl (C=O) groups excluding carboxylic acids is 1. The molecule has 1 heterocycles. The van der Waals surface area contributed by atoms with Crippen molar-refractivity contribution in [3.05, 3.63) is 23.4 Å². The van der Waals surface area contributed by atoms with E-state index in [0.29, 0.717) is 11.4 Å². The second-order valence-electron chi connectivity index (χ2n) is 5.25. The normalized spacial score (nSPS) is 12.0. The molecule has 0 aromatic carbocycles. The molecule has 0 saturated carbocycles. The summed E-state index contributed by atoms with van der Waals surface area (Å²) in [5, 5.41) is 3.02. The molecular formula is C15H26N4O. The Morgan fingerprint density at radius 3 is 2.75 bits per heavy atom. The van der Waals surface area contributed by atoms with Gasteiger partial charge in [-0.3, -0.25) is 4.79 Å². The Labute approximate surface area is 121 Å². The Morgan fingerprint density at radius 1 is 1.35 bits per heavy atom. The lowest BCUT2D eigenvalue weighted by molar-refractivity contribution is 0.0937. The van der Waals surface area contributed by atoms with E-state index in [4.69, 9.17) is 5.84 Å². The average molecular weight is 278 g/mol. The van der Waals surface area contributed by atoms with Crippen LogP contribution in [0.5, 0.6) is 0 Å². The molecule has 1 rings (SSSR count). The molecule has 1 aromatic rings. The largest absolute Gasteiger partial charge is 0.350 e. The molecule has 0 fully saturated rings. The molecule has 20 heavy (non-hydrogen) atoms. The predicted molar refractivity (Wildman–Crippen MR) is 82.5 cm³/mol. The third-order valence-electron chi connectivity index (χ3n) is 3.23. The molecule has 1 atom stereocenters. The van der Waals surface area contributed by atoms with Gasteiger partial charge in [0.1, 0.15) is 5.82 Å². The van der Waals surface area contributed by atoms with E-state index in [9.17, 15) is 4.79 Å². The zero-order valence-electron chi connectivity index (χ0n) is 12.7. The third-order valence-corrected chi connectivity index (χ3v) is 3.23. The van der Waals surface area contributed by atoms with E-state index in [1.807, 2.05) is 13.8 Å². The van der Waals surface area contributed by atoms with Gasteiger partial charge in [0.25, 0.3) is 5.91 Å². The number of hydrazine groups is 1. The Bertz CT molecular complexity index is 434. The van der Waals surface area contributed by atoms with Crippen LogP contribution in [0.25, 0.3) is 0 Å². The molecule has 0 bridgehead atoms. The van der Waals surface area contributed by atoms with Crippen LogP contribution in [0.3, 0.4) is 0 Å². The summed E-state index contributed by atoms with van der Waals surface area (Å²) in [4.78, 5) is 16.3. The minimum atomic E-state index is -0.0741. The van der Waals surface area contributed by atoms with Crippen LogP contribution in [0.2, 0.25) is 0 Å². The van der Waals surface area contributed by atoms with Gasteiger partial charge in [0.2, 0.25) is 0 Å². The number of carbonyl (C=O) groups is 1. The standard InChI is InChI=1S/C15H26N4O/c1-4-5-6-7-8-11(2)18-15(20)13-9-12(3)17-14(10-13)19-16/h9-11H,4-8,16H2,1-3H3,(H,17,19)(H,18,20). The van der Waals surface area contributed by atoms with Crippen LogP contribution >= 0.6 is 0 Å². The van der Waals surface area contributed by atoms with Crippen molar-refractivity contribution in [1.29, 1.82) is 0 Å². The summed E-state index contributed by atoms with van der Waals surface area (Å²) < 4.78 is 0. The first-order valence-corrected chi connectivity index (χ1v) is 7.33. The highest BCUT2D eigenvalue weighted by Crippen LogP contribution is 2.10. The summed E-state index contributed by atoms with van der Waals surface area (Å²) in [5.74, 6) is 5.77. The molecule has 0 aliphatic carbocycles. The molecule has 0 radical (unpaired) electrons. The number of pyridine rings is 1. The number of aromatic nitrogens is 1. The molecule has 0 saturated heterocycles. The first kappa shape index (κ1) is 16.4. The number of nitrogens with zero attached hydrogens (tertiary/aromatic N) is 1. The number of amides is 1. The number of aryl methyl sites for hydroxylation is 1. The van der Waals surface area contributed by atoms with E-state index in [1.54, 1.807) is 12.1 Å². The van der Waals surface area contributed by atoms with Gasteiger partial charge in [0.15, 0.2) is 0 Å². The first-order chi connectivity index (χ1) is 9.56. The quantitative estimate of drug-likeness (QED) is 0.388. The highest BCUT2D eigenvalue weighted by molar-refractivity contribution is 5.95. The van der Waals surface area contributed by atoms with Crippen LogP contribution in [-0.2, 0) is 0 Å². The minimum Gasteiger partial charge on any atom is -0.350 e. The lowest BCUT2D eigenvalue weighted by Crippen LogP contribution is -2.32. The fraction of sp³-hybridized carbons (Fsp3) is 0.600. The molecule has 1 amide bonds.